The lowest BCUT2D eigenvalue weighted by Crippen LogP contribution is -2.31. The highest BCUT2D eigenvalue weighted by Crippen LogP contribution is 2.17. The van der Waals surface area contributed by atoms with Crippen LogP contribution in [-0.4, -0.2) is 23.8 Å². The van der Waals surface area contributed by atoms with Crippen LogP contribution in [0.15, 0.2) is 48.5 Å². The van der Waals surface area contributed by atoms with Gasteiger partial charge in [0.1, 0.15) is 0 Å². The van der Waals surface area contributed by atoms with Crippen LogP contribution >= 0.6 is 0 Å². The summed E-state index contributed by atoms with van der Waals surface area (Å²) in [6.45, 7) is 5.16. The van der Waals surface area contributed by atoms with Gasteiger partial charge in [-0.1, -0.05) is 12.1 Å². The highest BCUT2D eigenvalue weighted by molar-refractivity contribution is 6.09. The number of carbonyl (C=O) groups is 3. The molecule has 3 amide bonds. The van der Waals surface area contributed by atoms with Gasteiger partial charge in [-0.2, -0.15) is 0 Å². The number of nitrogens with one attached hydrogen (secondary N) is 3. The molecule has 0 spiro atoms. The normalized spacial score (nSPS) is 10.2. The van der Waals surface area contributed by atoms with Gasteiger partial charge >= 0.3 is 0 Å². The van der Waals surface area contributed by atoms with Gasteiger partial charge in [-0.3, -0.25) is 14.4 Å². The van der Waals surface area contributed by atoms with Crippen molar-refractivity contribution >= 4 is 29.1 Å². The maximum Gasteiger partial charge on any atom is 0.255 e. The molecule has 0 aliphatic rings. The zero-order chi connectivity index (χ0) is 18.4. The van der Waals surface area contributed by atoms with Gasteiger partial charge in [-0.05, 0) is 50.2 Å². The molecular formula is C19H21N3O3. The van der Waals surface area contributed by atoms with Gasteiger partial charge in [0.05, 0.1) is 11.3 Å². The zero-order valence-electron chi connectivity index (χ0n) is 14.4. The Kier molecular flexibility index (Phi) is 5.89. The van der Waals surface area contributed by atoms with Gasteiger partial charge in [0.15, 0.2) is 0 Å². The first-order valence-corrected chi connectivity index (χ1v) is 7.95. The Bertz CT molecular complexity index is 783. The molecule has 0 radical (unpaired) electrons. The fourth-order valence-corrected chi connectivity index (χ4v) is 2.23. The third-order valence-electron chi connectivity index (χ3n) is 3.31. The molecule has 0 heterocycles. The molecule has 0 unspecified atom stereocenters. The van der Waals surface area contributed by atoms with Gasteiger partial charge in [0, 0.05) is 24.2 Å². The predicted octanol–water partition coefficient (Wildman–Crippen LogP) is 3.04. The van der Waals surface area contributed by atoms with Crippen LogP contribution in [0.4, 0.5) is 11.4 Å². The first kappa shape index (κ1) is 18.2. The van der Waals surface area contributed by atoms with Crippen LogP contribution in [0.3, 0.4) is 0 Å². The molecule has 0 atom stereocenters. The third-order valence-corrected chi connectivity index (χ3v) is 3.31. The Labute approximate surface area is 146 Å². The second kappa shape index (κ2) is 8.10. The summed E-state index contributed by atoms with van der Waals surface area (Å²) in [5.74, 6) is -0.756. The van der Waals surface area contributed by atoms with Crippen molar-refractivity contribution in [2.75, 3.05) is 10.6 Å². The molecule has 0 aliphatic carbocycles. The summed E-state index contributed by atoms with van der Waals surface area (Å²) in [4.78, 5) is 35.7. The van der Waals surface area contributed by atoms with Gasteiger partial charge < -0.3 is 16.0 Å². The minimum atomic E-state index is -0.334. The average Bonchev–Trinajstić information content (AvgIpc) is 2.54. The highest BCUT2D eigenvalue weighted by atomic mass is 16.2. The number of anilines is 2. The Hall–Kier alpha value is -3.15. The predicted molar refractivity (Wildman–Crippen MR) is 97.7 cm³/mol. The Morgan fingerprint density at radius 3 is 2.08 bits per heavy atom. The summed E-state index contributed by atoms with van der Waals surface area (Å²) < 4.78 is 0. The molecule has 0 bridgehead atoms. The van der Waals surface area contributed by atoms with Gasteiger partial charge in [0.2, 0.25) is 5.91 Å². The van der Waals surface area contributed by atoms with E-state index in [1.54, 1.807) is 48.5 Å². The summed E-state index contributed by atoms with van der Waals surface area (Å²) >= 11 is 0. The van der Waals surface area contributed by atoms with Crippen LogP contribution in [-0.2, 0) is 4.79 Å². The SMILES string of the molecule is CC(=O)Nc1ccc(C(=O)Nc2ccccc2C(=O)NC(C)C)cc1. The molecule has 6 nitrogen and oxygen atoms in total. The topological polar surface area (TPSA) is 87.3 Å². The van der Waals surface area contributed by atoms with Gasteiger partial charge in [0.25, 0.3) is 11.8 Å². The number of rotatable bonds is 5. The maximum absolute atomic E-state index is 12.4. The zero-order valence-corrected chi connectivity index (χ0v) is 14.4. The van der Waals surface area contributed by atoms with E-state index in [1.807, 2.05) is 13.8 Å². The molecule has 0 saturated carbocycles. The summed E-state index contributed by atoms with van der Waals surface area (Å²) in [6.07, 6.45) is 0. The third kappa shape index (κ3) is 5.17. The van der Waals surface area contributed by atoms with Crippen LogP contribution in [0.25, 0.3) is 0 Å². The van der Waals surface area contributed by atoms with E-state index in [4.69, 9.17) is 0 Å². The first-order chi connectivity index (χ1) is 11.9. The Morgan fingerprint density at radius 2 is 1.48 bits per heavy atom. The first-order valence-electron chi connectivity index (χ1n) is 7.95. The number of benzene rings is 2. The minimum Gasteiger partial charge on any atom is -0.350 e. The van der Waals surface area contributed by atoms with E-state index in [-0.39, 0.29) is 23.8 Å². The van der Waals surface area contributed by atoms with Crippen LogP contribution in [0.5, 0.6) is 0 Å². The van der Waals surface area contributed by atoms with E-state index in [2.05, 4.69) is 16.0 Å². The van der Waals surface area contributed by atoms with Crippen molar-refractivity contribution < 1.29 is 14.4 Å². The quantitative estimate of drug-likeness (QED) is 0.782. The summed E-state index contributed by atoms with van der Waals surface area (Å²) in [5.41, 5.74) is 1.88. The second-order valence-corrected chi connectivity index (χ2v) is 5.89. The number of hydrogen-bond acceptors (Lipinski definition) is 3. The lowest BCUT2D eigenvalue weighted by atomic mass is 10.1. The highest BCUT2D eigenvalue weighted by Gasteiger charge is 2.14. The molecule has 25 heavy (non-hydrogen) atoms. The van der Waals surface area contributed by atoms with E-state index in [0.717, 1.165) is 0 Å². The lowest BCUT2D eigenvalue weighted by molar-refractivity contribution is -0.114. The van der Waals surface area contributed by atoms with Crippen LogP contribution < -0.4 is 16.0 Å². The molecule has 0 fully saturated rings. The van der Waals surface area contributed by atoms with Crippen molar-refractivity contribution in [3.63, 3.8) is 0 Å². The van der Waals surface area contributed by atoms with Crippen LogP contribution in [0.1, 0.15) is 41.5 Å². The molecule has 0 saturated heterocycles. The number of carbonyl (C=O) groups excluding carboxylic acids is 3. The van der Waals surface area contributed by atoms with E-state index in [9.17, 15) is 14.4 Å². The van der Waals surface area contributed by atoms with E-state index < -0.39 is 0 Å². The average molecular weight is 339 g/mol. The molecule has 2 aromatic rings. The van der Waals surface area contributed by atoms with Crippen molar-refractivity contribution in [2.24, 2.45) is 0 Å². The van der Waals surface area contributed by atoms with Gasteiger partial charge in [-0.25, -0.2) is 0 Å². The van der Waals surface area contributed by atoms with Crippen molar-refractivity contribution in [3.05, 3.63) is 59.7 Å². The Balaban J connectivity index is 2.15. The molecular weight excluding hydrogens is 318 g/mol. The second-order valence-electron chi connectivity index (χ2n) is 5.89. The van der Waals surface area contributed by atoms with Crippen molar-refractivity contribution in [3.8, 4) is 0 Å². The lowest BCUT2D eigenvalue weighted by Gasteiger charge is -2.13. The molecule has 130 valence electrons. The molecule has 0 aliphatic heterocycles. The largest absolute Gasteiger partial charge is 0.350 e. The van der Waals surface area contributed by atoms with Crippen LogP contribution in [0, 0.1) is 0 Å². The van der Waals surface area contributed by atoms with Crippen molar-refractivity contribution in [1.82, 2.24) is 5.32 Å². The van der Waals surface area contributed by atoms with Crippen LogP contribution in [0.2, 0.25) is 0 Å². The number of hydrogen-bond donors (Lipinski definition) is 3. The molecule has 6 heteroatoms. The van der Waals surface area contributed by atoms with E-state index in [1.165, 1.54) is 6.92 Å². The molecule has 2 rings (SSSR count). The standard InChI is InChI=1S/C19H21N3O3/c1-12(2)20-19(25)16-6-4-5-7-17(16)22-18(24)14-8-10-15(11-9-14)21-13(3)23/h4-12H,1-3H3,(H,20,25)(H,21,23)(H,22,24). The van der Waals surface area contributed by atoms with E-state index in [0.29, 0.717) is 22.5 Å². The smallest absolute Gasteiger partial charge is 0.255 e. The number of para-hydroxylation sites is 1. The fraction of sp³-hybridized carbons (Fsp3) is 0.211. The summed E-state index contributed by atoms with van der Waals surface area (Å²) in [6, 6.07) is 13.3. The van der Waals surface area contributed by atoms with Crippen molar-refractivity contribution in [1.29, 1.82) is 0 Å². The summed E-state index contributed by atoms with van der Waals surface area (Å²) in [5, 5.41) is 8.20. The van der Waals surface area contributed by atoms with E-state index >= 15 is 0 Å². The monoisotopic (exact) mass is 339 g/mol. The number of amides is 3. The fourth-order valence-electron chi connectivity index (χ4n) is 2.23. The molecule has 3 N–H and O–H groups in total. The molecule has 0 aromatic heterocycles. The maximum atomic E-state index is 12.4. The minimum absolute atomic E-state index is 0.00224. The molecule has 2 aromatic carbocycles. The van der Waals surface area contributed by atoms with Crippen molar-refractivity contribution in [2.45, 2.75) is 26.8 Å². The summed E-state index contributed by atoms with van der Waals surface area (Å²) in [7, 11) is 0. The van der Waals surface area contributed by atoms with Gasteiger partial charge in [-0.15, -0.1) is 0 Å². The Morgan fingerprint density at radius 1 is 0.840 bits per heavy atom.